The molecule has 21 heavy (non-hydrogen) atoms. The second kappa shape index (κ2) is 6.02. The monoisotopic (exact) mass is 306 g/mol. The van der Waals surface area contributed by atoms with Gasteiger partial charge in [0.2, 0.25) is 10.0 Å². The largest absolute Gasteiger partial charge is 0.270 e. The van der Waals surface area contributed by atoms with Gasteiger partial charge in [-0.1, -0.05) is 35.9 Å². The van der Waals surface area contributed by atoms with Crippen LogP contribution in [0.4, 0.5) is 5.69 Å². The summed E-state index contributed by atoms with van der Waals surface area (Å²) in [5, 5.41) is 10.7. The van der Waals surface area contributed by atoms with Gasteiger partial charge in [-0.05, 0) is 18.6 Å². The minimum Gasteiger partial charge on any atom is -0.258 e. The summed E-state index contributed by atoms with van der Waals surface area (Å²) >= 11 is 0. The van der Waals surface area contributed by atoms with Crippen LogP contribution in [0.2, 0.25) is 0 Å². The van der Waals surface area contributed by atoms with Gasteiger partial charge in [0, 0.05) is 18.7 Å². The molecule has 0 aliphatic heterocycles. The molecule has 0 unspecified atom stereocenters. The summed E-state index contributed by atoms with van der Waals surface area (Å²) in [7, 11) is -3.78. The van der Waals surface area contributed by atoms with Gasteiger partial charge in [0.15, 0.2) is 0 Å². The van der Waals surface area contributed by atoms with E-state index in [4.69, 9.17) is 0 Å². The number of nitro groups is 1. The van der Waals surface area contributed by atoms with Gasteiger partial charge >= 0.3 is 0 Å². The van der Waals surface area contributed by atoms with Gasteiger partial charge in [-0.25, -0.2) is 13.1 Å². The lowest BCUT2D eigenvalue weighted by Crippen LogP contribution is -2.23. The minimum absolute atomic E-state index is 0.121. The Morgan fingerprint density at radius 3 is 2.43 bits per heavy atom. The van der Waals surface area contributed by atoms with Crippen LogP contribution >= 0.6 is 0 Å². The number of non-ortho nitro benzene ring substituents is 1. The molecule has 0 saturated carbocycles. The Labute approximate surface area is 122 Å². The Hall–Kier alpha value is -2.25. The fourth-order valence-corrected chi connectivity index (χ4v) is 2.79. The SMILES string of the molecule is Cc1ccc(CNS(=O)(=O)c2cccc([N+](=O)[O-])c2)cc1. The Balaban J connectivity index is 2.16. The third-order valence-corrected chi connectivity index (χ3v) is 4.32. The van der Waals surface area contributed by atoms with Crippen molar-refractivity contribution in [2.24, 2.45) is 0 Å². The summed E-state index contributed by atoms with van der Waals surface area (Å²) in [6.07, 6.45) is 0. The fraction of sp³-hybridized carbons (Fsp3) is 0.143. The third-order valence-electron chi connectivity index (χ3n) is 2.93. The van der Waals surface area contributed by atoms with Crippen LogP contribution in [0.3, 0.4) is 0 Å². The molecule has 0 saturated heterocycles. The lowest BCUT2D eigenvalue weighted by atomic mass is 10.2. The molecular formula is C14H14N2O4S. The maximum Gasteiger partial charge on any atom is 0.270 e. The number of nitrogens with one attached hydrogen (secondary N) is 1. The number of nitro benzene ring substituents is 1. The maximum absolute atomic E-state index is 12.1. The first-order valence-corrected chi connectivity index (χ1v) is 7.66. The molecule has 0 aromatic heterocycles. The van der Waals surface area contributed by atoms with Crippen LogP contribution in [0.25, 0.3) is 0 Å². The van der Waals surface area contributed by atoms with E-state index >= 15 is 0 Å². The zero-order chi connectivity index (χ0) is 15.5. The first-order valence-electron chi connectivity index (χ1n) is 6.18. The summed E-state index contributed by atoms with van der Waals surface area (Å²) in [6, 6.07) is 12.4. The molecule has 0 aliphatic carbocycles. The van der Waals surface area contributed by atoms with E-state index in [0.717, 1.165) is 17.2 Å². The van der Waals surface area contributed by atoms with Crippen LogP contribution in [0.5, 0.6) is 0 Å². The topological polar surface area (TPSA) is 89.3 Å². The summed E-state index contributed by atoms with van der Waals surface area (Å²) < 4.78 is 26.7. The van der Waals surface area contributed by atoms with Gasteiger partial charge in [-0.3, -0.25) is 10.1 Å². The van der Waals surface area contributed by atoms with Crippen molar-refractivity contribution < 1.29 is 13.3 Å². The standard InChI is InChI=1S/C14H14N2O4S/c1-11-5-7-12(8-6-11)10-15-21(19,20)14-4-2-3-13(9-14)16(17)18/h2-9,15H,10H2,1H3. The fourth-order valence-electron chi connectivity index (χ4n) is 1.73. The Bertz CT molecular complexity index is 755. The number of rotatable bonds is 5. The molecule has 0 aliphatic rings. The average Bonchev–Trinajstić information content (AvgIpc) is 2.47. The second-order valence-corrected chi connectivity index (χ2v) is 6.33. The number of benzene rings is 2. The van der Waals surface area contributed by atoms with E-state index in [9.17, 15) is 18.5 Å². The zero-order valence-electron chi connectivity index (χ0n) is 11.3. The predicted molar refractivity (Wildman–Crippen MR) is 78.3 cm³/mol. The molecule has 0 bridgehead atoms. The van der Waals surface area contributed by atoms with Gasteiger partial charge in [0.05, 0.1) is 9.82 Å². The minimum atomic E-state index is -3.78. The highest BCUT2D eigenvalue weighted by Crippen LogP contribution is 2.17. The van der Waals surface area contributed by atoms with Crippen molar-refractivity contribution in [1.29, 1.82) is 0 Å². The van der Waals surface area contributed by atoms with E-state index in [1.807, 2.05) is 31.2 Å². The van der Waals surface area contributed by atoms with Crippen molar-refractivity contribution in [2.45, 2.75) is 18.4 Å². The van der Waals surface area contributed by atoms with Crippen molar-refractivity contribution in [1.82, 2.24) is 4.72 Å². The lowest BCUT2D eigenvalue weighted by molar-refractivity contribution is -0.385. The molecule has 0 radical (unpaired) electrons. The molecule has 0 atom stereocenters. The molecule has 110 valence electrons. The van der Waals surface area contributed by atoms with Gasteiger partial charge < -0.3 is 0 Å². The molecule has 0 spiro atoms. The molecule has 7 heteroatoms. The third kappa shape index (κ3) is 3.87. The molecule has 1 N–H and O–H groups in total. The smallest absolute Gasteiger partial charge is 0.258 e. The van der Waals surface area contributed by atoms with E-state index in [0.29, 0.717) is 0 Å². The van der Waals surface area contributed by atoms with Crippen LogP contribution in [0.15, 0.2) is 53.4 Å². The number of hydrogen-bond donors (Lipinski definition) is 1. The first kappa shape index (κ1) is 15.1. The van der Waals surface area contributed by atoms with Gasteiger partial charge in [-0.15, -0.1) is 0 Å². The molecule has 2 rings (SSSR count). The van der Waals surface area contributed by atoms with Gasteiger partial charge in [-0.2, -0.15) is 0 Å². The number of hydrogen-bond acceptors (Lipinski definition) is 4. The molecule has 0 amide bonds. The number of nitrogens with zero attached hydrogens (tertiary/aromatic N) is 1. The van der Waals surface area contributed by atoms with Crippen molar-refractivity contribution in [2.75, 3.05) is 0 Å². The Kier molecular flexibility index (Phi) is 4.35. The van der Waals surface area contributed by atoms with Crippen LogP contribution < -0.4 is 4.72 Å². The molecule has 2 aromatic rings. The highest BCUT2D eigenvalue weighted by atomic mass is 32.2. The average molecular weight is 306 g/mol. The van der Waals surface area contributed by atoms with E-state index in [-0.39, 0.29) is 17.1 Å². The first-order chi connectivity index (χ1) is 9.88. The zero-order valence-corrected chi connectivity index (χ0v) is 12.1. The van der Waals surface area contributed by atoms with Gasteiger partial charge in [0.1, 0.15) is 0 Å². The van der Waals surface area contributed by atoms with Crippen molar-refractivity contribution >= 4 is 15.7 Å². The van der Waals surface area contributed by atoms with Crippen molar-refractivity contribution in [3.05, 3.63) is 69.8 Å². The van der Waals surface area contributed by atoms with Crippen LogP contribution in [-0.2, 0) is 16.6 Å². The summed E-state index contributed by atoms with van der Waals surface area (Å²) in [5.74, 6) is 0. The molecule has 0 heterocycles. The maximum atomic E-state index is 12.1. The Morgan fingerprint density at radius 1 is 1.14 bits per heavy atom. The van der Waals surface area contributed by atoms with E-state index in [2.05, 4.69) is 4.72 Å². The van der Waals surface area contributed by atoms with Crippen LogP contribution in [0, 0.1) is 17.0 Å². The van der Waals surface area contributed by atoms with E-state index < -0.39 is 14.9 Å². The second-order valence-electron chi connectivity index (χ2n) is 4.56. The molecule has 6 nitrogen and oxygen atoms in total. The van der Waals surface area contributed by atoms with Crippen LogP contribution in [0.1, 0.15) is 11.1 Å². The van der Waals surface area contributed by atoms with Crippen molar-refractivity contribution in [3.8, 4) is 0 Å². The van der Waals surface area contributed by atoms with E-state index in [1.54, 1.807) is 0 Å². The van der Waals surface area contributed by atoms with Crippen LogP contribution in [-0.4, -0.2) is 13.3 Å². The highest BCUT2D eigenvalue weighted by molar-refractivity contribution is 7.89. The summed E-state index contributed by atoms with van der Waals surface area (Å²) in [4.78, 5) is 9.93. The van der Waals surface area contributed by atoms with Gasteiger partial charge in [0.25, 0.3) is 5.69 Å². The normalized spacial score (nSPS) is 11.3. The molecule has 0 fully saturated rings. The Morgan fingerprint density at radius 2 is 1.81 bits per heavy atom. The summed E-state index contributed by atoms with van der Waals surface area (Å²) in [6.45, 7) is 2.07. The quantitative estimate of drug-likeness (QED) is 0.678. The summed E-state index contributed by atoms with van der Waals surface area (Å²) in [5.41, 5.74) is 1.64. The lowest BCUT2D eigenvalue weighted by Gasteiger charge is -2.07. The predicted octanol–water partition coefficient (Wildman–Crippen LogP) is 2.38. The van der Waals surface area contributed by atoms with E-state index in [1.165, 1.54) is 18.2 Å². The van der Waals surface area contributed by atoms with Crippen molar-refractivity contribution in [3.63, 3.8) is 0 Å². The number of aryl methyl sites for hydroxylation is 1. The molecule has 2 aromatic carbocycles. The molecular weight excluding hydrogens is 292 g/mol. The highest BCUT2D eigenvalue weighted by Gasteiger charge is 2.17. The number of sulfonamides is 1.